The van der Waals surface area contributed by atoms with E-state index in [0.717, 1.165) is 17.7 Å². The third kappa shape index (κ3) is 5.00. The lowest BCUT2D eigenvalue weighted by atomic mass is 10.1. The molecule has 0 spiro atoms. The van der Waals surface area contributed by atoms with Crippen molar-refractivity contribution in [3.05, 3.63) is 83.9 Å². The first kappa shape index (κ1) is 22.4. The van der Waals surface area contributed by atoms with E-state index in [4.69, 9.17) is 4.74 Å². The molecule has 0 aliphatic rings. The van der Waals surface area contributed by atoms with Crippen LogP contribution < -0.4 is 5.32 Å². The van der Waals surface area contributed by atoms with Crippen molar-refractivity contribution < 1.29 is 14.3 Å². The summed E-state index contributed by atoms with van der Waals surface area (Å²) in [4.78, 5) is 26.4. The Bertz CT molecular complexity index is 1260. The van der Waals surface area contributed by atoms with Crippen LogP contribution in [-0.4, -0.2) is 34.6 Å². The molecule has 3 aromatic carbocycles. The summed E-state index contributed by atoms with van der Waals surface area (Å²) in [5, 5.41) is 5.08. The predicted octanol–water partition coefficient (Wildman–Crippen LogP) is 5.09. The van der Waals surface area contributed by atoms with Crippen LogP contribution in [0.2, 0.25) is 0 Å². The van der Waals surface area contributed by atoms with Crippen LogP contribution in [0.25, 0.3) is 21.8 Å². The number of hydrogen-bond acceptors (Lipinski definition) is 3. The zero-order valence-corrected chi connectivity index (χ0v) is 19.1. The van der Waals surface area contributed by atoms with E-state index in [0.29, 0.717) is 13.1 Å². The van der Waals surface area contributed by atoms with Gasteiger partial charge in [-0.3, -0.25) is 4.79 Å². The molecule has 1 aromatic heterocycles. The molecule has 0 saturated carbocycles. The van der Waals surface area contributed by atoms with Crippen LogP contribution in [0, 0.1) is 0 Å². The fourth-order valence-electron chi connectivity index (χ4n) is 4.24. The standard InChI is InChI=1S/C27H29N3O3/c1-3-30-24-13-9-8-12-22(24)23-16-21(14-15-25(23)30)19-29(18-20-10-6-5-7-11-20)27(32)28-17-26(31)33-4-2/h5-16H,3-4,17-19H2,1-2H3,(H,28,32). The van der Waals surface area contributed by atoms with Gasteiger partial charge < -0.3 is 19.5 Å². The zero-order valence-electron chi connectivity index (χ0n) is 19.1. The summed E-state index contributed by atoms with van der Waals surface area (Å²) in [6, 6.07) is 24.3. The van der Waals surface area contributed by atoms with E-state index in [9.17, 15) is 9.59 Å². The topological polar surface area (TPSA) is 63.6 Å². The van der Waals surface area contributed by atoms with E-state index in [-0.39, 0.29) is 19.2 Å². The molecule has 33 heavy (non-hydrogen) atoms. The van der Waals surface area contributed by atoms with Crippen LogP contribution in [0.15, 0.2) is 72.8 Å². The van der Waals surface area contributed by atoms with E-state index in [1.807, 2.05) is 30.3 Å². The van der Waals surface area contributed by atoms with Gasteiger partial charge in [0.15, 0.2) is 0 Å². The molecule has 0 atom stereocenters. The van der Waals surface area contributed by atoms with Crippen molar-refractivity contribution in [2.45, 2.75) is 33.5 Å². The first-order valence-corrected chi connectivity index (χ1v) is 11.3. The maximum absolute atomic E-state index is 13.0. The lowest BCUT2D eigenvalue weighted by molar-refractivity contribution is -0.141. The molecule has 4 rings (SSSR count). The minimum atomic E-state index is -0.445. The first-order chi connectivity index (χ1) is 16.1. The van der Waals surface area contributed by atoms with E-state index in [1.54, 1.807) is 11.8 Å². The van der Waals surface area contributed by atoms with Crippen LogP contribution in [0.3, 0.4) is 0 Å². The Labute approximate surface area is 193 Å². The molecule has 1 heterocycles. The average Bonchev–Trinajstić information content (AvgIpc) is 3.16. The zero-order chi connectivity index (χ0) is 23.2. The third-order valence-corrected chi connectivity index (χ3v) is 5.72. The van der Waals surface area contributed by atoms with Crippen molar-refractivity contribution in [3.8, 4) is 0 Å². The van der Waals surface area contributed by atoms with Gasteiger partial charge >= 0.3 is 12.0 Å². The summed E-state index contributed by atoms with van der Waals surface area (Å²) in [6.45, 7) is 5.77. The number of benzene rings is 3. The average molecular weight is 444 g/mol. The van der Waals surface area contributed by atoms with Crippen LogP contribution in [0.5, 0.6) is 0 Å². The summed E-state index contributed by atoms with van der Waals surface area (Å²) < 4.78 is 7.24. The van der Waals surface area contributed by atoms with Gasteiger partial charge in [-0.2, -0.15) is 0 Å². The Hall–Kier alpha value is -3.80. The normalized spacial score (nSPS) is 11.0. The van der Waals surface area contributed by atoms with Crippen molar-refractivity contribution in [1.29, 1.82) is 0 Å². The Morgan fingerprint density at radius 2 is 1.55 bits per heavy atom. The van der Waals surface area contributed by atoms with E-state index in [2.05, 4.69) is 59.3 Å². The Morgan fingerprint density at radius 1 is 0.848 bits per heavy atom. The van der Waals surface area contributed by atoms with Crippen molar-refractivity contribution in [2.24, 2.45) is 0 Å². The minimum Gasteiger partial charge on any atom is -0.465 e. The summed E-state index contributed by atoms with van der Waals surface area (Å²) in [5.74, 6) is -0.445. The lowest BCUT2D eigenvalue weighted by Gasteiger charge is -2.23. The second-order valence-electron chi connectivity index (χ2n) is 7.92. The number of urea groups is 1. The van der Waals surface area contributed by atoms with Crippen LogP contribution in [0.4, 0.5) is 4.79 Å². The van der Waals surface area contributed by atoms with Gasteiger partial charge in [0.05, 0.1) is 6.61 Å². The Balaban J connectivity index is 1.62. The molecule has 4 aromatic rings. The number of amides is 2. The first-order valence-electron chi connectivity index (χ1n) is 11.3. The van der Waals surface area contributed by atoms with Gasteiger partial charge in [0.1, 0.15) is 6.54 Å². The van der Waals surface area contributed by atoms with E-state index in [1.165, 1.54) is 21.8 Å². The van der Waals surface area contributed by atoms with Gasteiger partial charge in [-0.1, -0.05) is 54.6 Å². The van der Waals surface area contributed by atoms with Crippen molar-refractivity contribution in [1.82, 2.24) is 14.8 Å². The number of aryl methyl sites for hydroxylation is 1. The van der Waals surface area contributed by atoms with Gasteiger partial charge in [-0.25, -0.2) is 4.79 Å². The maximum Gasteiger partial charge on any atom is 0.325 e. The summed E-state index contributed by atoms with van der Waals surface area (Å²) in [7, 11) is 0. The number of fused-ring (bicyclic) bond motifs is 3. The van der Waals surface area contributed by atoms with Crippen LogP contribution >= 0.6 is 0 Å². The molecule has 1 N–H and O–H groups in total. The largest absolute Gasteiger partial charge is 0.465 e. The monoisotopic (exact) mass is 443 g/mol. The number of hydrogen-bond donors (Lipinski definition) is 1. The smallest absolute Gasteiger partial charge is 0.325 e. The van der Waals surface area contributed by atoms with Gasteiger partial charge in [0, 0.05) is 41.4 Å². The molecular weight excluding hydrogens is 414 g/mol. The SMILES string of the molecule is CCOC(=O)CNC(=O)N(Cc1ccccc1)Cc1ccc2c(c1)c1ccccc1n2CC. The number of ether oxygens (including phenoxy) is 1. The third-order valence-electron chi connectivity index (χ3n) is 5.72. The molecule has 6 nitrogen and oxygen atoms in total. The molecule has 0 unspecified atom stereocenters. The second kappa shape index (κ2) is 10.2. The molecule has 0 aliphatic heterocycles. The molecule has 0 saturated heterocycles. The van der Waals surface area contributed by atoms with Crippen molar-refractivity contribution >= 4 is 33.8 Å². The molecule has 0 fully saturated rings. The highest BCUT2D eigenvalue weighted by molar-refractivity contribution is 6.08. The Kier molecular flexibility index (Phi) is 6.93. The van der Waals surface area contributed by atoms with Crippen LogP contribution in [-0.2, 0) is 29.2 Å². The molecule has 0 aliphatic carbocycles. The maximum atomic E-state index is 13.0. The Morgan fingerprint density at radius 3 is 2.30 bits per heavy atom. The number of carbonyl (C=O) groups excluding carboxylic acids is 2. The van der Waals surface area contributed by atoms with Crippen molar-refractivity contribution in [2.75, 3.05) is 13.2 Å². The molecule has 6 heteroatoms. The highest BCUT2D eigenvalue weighted by Crippen LogP contribution is 2.30. The molecule has 0 bridgehead atoms. The number of para-hydroxylation sites is 1. The fourth-order valence-corrected chi connectivity index (χ4v) is 4.24. The minimum absolute atomic E-state index is 0.152. The van der Waals surface area contributed by atoms with E-state index < -0.39 is 5.97 Å². The fraction of sp³-hybridized carbons (Fsp3) is 0.259. The summed E-state index contributed by atoms with van der Waals surface area (Å²) in [5.41, 5.74) is 4.44. The summed E-state index contributed by atoms with van der Waals surface area (Å²) >= 11 is 0. The molecule has 0 radical (unpaired) electrons. The lowest BCUT2D eigenvalue weighted by Crippen LogP contribution is -2.41. The molecular formula is C27H29N3O3. The van der Waals surface area contributed by atoms with Crippen LogP contribution in [0.1, 0.15) is 25.0 Å². The van der Waals surface area contributed by atoms with Gasteiger partial charge in [-0.05, 0) is 43.2 Å². The summed E-state index contributed by atoms with van der Waals surface area (Å²) in [6.07, 6.45) is 0. The number of esters is 1. The highest BCUT2D eigenvalue weighted by atomic mass is 16.5. The van der Waals surface area contributed by atoms with Gasteiger partial charge in [0.2, 0.25) is 0 Å². The number of carbonyl (C=O) groups is 2. The number of nitrogens with one attached hydrogen (secondary N) is 1. The number of rotatable bonds is 8. The highest BCUT2D eigenvalue weighted by Gasteiger charge is 2.17. The van der Waals surface area contributed by atoms with Gasteiger partial charge in [-0.15, -0.1) is 0 Å². The van der Waals surface area contributed by atoms with Gasteiger partial charge in [0.25, 0.3) is 0 Å². The molecule has 2 amide bonds. The number of nitrogens with zero attached hydrogens (tertiary/aromatic N) is 2. The second-order valence-corrected chi connectivity index (χ2v) is 7.92. The van der Waals surface area contributed by atoms with E-state index >= 15 is 0 Å². The van der Waals surface area contributed by atoms with Crippen molar-refractivity contribution in [3.63, 3.8) is 0 Å². The predicted molar refractivity (Wildman–Crippen MR) is 131 cm³/mol. The quantitative estimate of drug-likeness (QED) is 0.386. The number of aromatic nitrogens is 1. The molecule has 170 valence electrons.